The first-order valence-electron chi connectivity index (χ1n) is 6.46. The van der Waals surface area contributed by atoms with Gasteiger partial charge in [-0.05, 0) is 36.2 Å². The predicted molar refractivity (Wildman–Crippen MR) is 78.4 cm³/mol. The Balaban J connectivity index is 1.86. The molecule has 0 bridgehead atoms. The van der Waals surface area contributed by atoms with Crippen molar-refractivity contribution in [3.05, 3.63) is 65.9 Å². The zero-order chi connectivity index (χ0) is 13.2. The zero-order valence-corrected chi connectivity index (χ0v) is 11.3. The van der Waals surface area contributed by atoms with Crippen LogP contribution in [0.3, 0.4) is 0 Å². The predicted octanol–water partition coefficient (Wildman–Crippen LogP) is 4.07. The summed E-state index contributed by atoms with van der Waals surface area (Å²) in [5.41, 5.74) is 3.70. The smallest absolute Gasteiger partial charge is 0.120 e. The Hall–Kier alpha value is -2.22. The number of fused-ring (bicyclic) bond motifs is 1. The minimum absolute atomic E-state index is 0.610. The van der Waals surface area contributed by atoms with Crippen LogP contribution in [0.2, 0.25) is 0 Å². The molecule has 0 aliphatic carbocycles. The second-order valence-electron chi connectivity index (χ2n) is 4.88. The standard InChI is InChI=1S/C17H17NO/c1-13-10-16(11-15-8-9-18(2)17(13)15)19-12-14-6-4-3-5-7-14/h3-11H,12H2,1-2H3. The van der Waals surface area contributed by atoms with Crippen LogP contribution < -0.4 is 4.74 Å². The molecule has 0 radical (unpaired) electrons. The zero-order valence-electron chi connectivity index (χ0n) is 11.3. The molecule has 2 aromatic carbocycles. The van der Waals surface area contributed by atoms with Crippen LogP contribution in [-0.2, 0) is 13.7 Å². The Labute approximate surface area is 113 Å². The van der Waals surface area contributed by atoms with Gasteiger partial charge in [-0.15, -0.1) is 0 Å². The van der Waals surface area contributed by atoms with Crippen molar-refractivity contribution in [2.24, 2.45) is 7.05 Å². The quantitative estimate of drug-likeness (QED) is 0.684. The van der Waals surface area contributed by atoms with Crippen LogP contribution in [0.1, 0.15) is 11.1 Å². The maximum atomic E-state index is 5.88. The summed E-state index contributed by atoms with van der Waals surface area (Å²) in [7, 11) is 2.07. The molecule has 3 aromatic rings. The summed E-state index contributed by atoms with van der Waals surface area (Å²) >= 11 is 0. The van der Waals surface area contributed by atoms with Crippen molar-refractivity contribution < 1.29 is 4.74 Å². The first-order valence-corrected chi connectivity index (χ1v) is 6.46. The minimum Gasteiger partial charge on any atom is -0.489 e. The maximum absolute atomic E-state index is 5.88. The number of nitrogens with zero attached hydrogens (tertiary/aromatic N) is 1. The van der Waals surface area contributed by atoms with Gasteiger partial charge in [0.15, 0.2) is 0 Å². The molecule has 2 nitrogen and oxygen atoms in total. The van der Waals surface area contributed by atoms with E-state index in [0.717, 1.165) is 5.75 Å². The molecule has 1 aromatic heterocycles. The fourth-order valence-electron chi connectivity index (χ4n) is 2.47. The van der Waals surface area contributed by atoms with Crippen molar-refractivity contribution in [3.8, 4) is 5.75 Å². The van der Waals surface area contributed by atoms with Gasteiger partial charge < -0.3 is 9.30 Å². The molecule has 0 N–H and O–H groups in total. The van der Waals surface area contributed by atoms with Gasteiger partial charge in [-0.3, -0.25) is 0 Å². The highest BCUT2D eigenvalue weighted by Crippen LogP contribution is 2.26. The molecule has 0 unspecified atom stereocenters. The Bertz CT molecular complexity index is 698. The van der Waals surface area contributed by atoms with Crippen LogP contribution in [-0.4, -0.2) is 4.57 Å². The SMILES string of the molecule is Cc1cc(OCc2ccccc2)cc2ccn(C)c12. The van der Waals surface area contributed by atoms with Crippen molar-refractivity contribution in [2.75, 3.05) is 0 Å². The molecular weight excluding hydrogens is 234 g/mol. The summed E-state index contributed by atoms with van der Waals surface area (Å²) < 4.78 is 8.03. The Morgan fingerprint density at radius 1 is 1.05 bits per heavy atom. The monoisotopic (exact) mass is 251 g/mol. The summed E-state index contributed by atoms with van der Waals surface area (Å²) in [5, 5.41) is 1.23. The average Bonchev–Trinajstić information content (AvgIpc) is 2.80. The van der Waals surface area contributed by atoms with Crippen LogP contribution in [0.4, 0.5) is 0 Å². The van der Waals surface area contributed by atoms with Gasteiger partial charge in [0.2, 0.25) is 0 Å². The van der Waals surface area contributed by atoms with Gasteiger partial charge >= 0.3 is 0 Å². The summed E-state index contributed by atoms with van der Waals surface area (Å²) in [5.74, 6) is 0.931. The lowest BCUT2D eigenvalue weighted by molar-refractivity contribution is 0.306. The largest absolute Gasteiger partial charge is 0.489 e. The number of hydrogen-bond acceptors (Lipinski definition) is 1. The summed E-state index contributed by atoms with van der Waals surface area (Å²) in [6, 6.07) is 16.6. The highest BCUT2D eigenvalue weighted by Gasteiger charge is 2.05. The van der Waals surface area contributed by atoms with Crippen molar-refractivity contribution >= 4 is 10.9 Å². The molecule has 3 rings (SSSR count). The van der Waals surface area contributed by atoms with Crippen LogP contribution in [0.5, 0.6) is 5.75 Å². The van der Waals surface area contributed by atoms with Crippen LogP contribution in [0.15, 0.2) is 54.7 Å². The lowest BCUT2D eigenvalue weighted by Crippen LogP contribution is -1.96. The third kappa shape index (κ3) is 2.34. The van der Waals surface area contributed by atoms with Crippen LogP contribution in [0.25, 0.3) is 10.9 Å². The molecule has 0 aliphatic heterocycles. The molecule has 0 saturated carbocycles. The molecule has 96 valence electrons. The van der Waals surface area contributed by atoms with Crippen LogP contribution in [0, 0.1) is 6.92 Å². The van der Waals surface area contributed by atoms with Gasteiger partial charge in [0, 0.05) is 18.6 Å². The second-order valence-corrected chi connectivity index (χ2v) is 4.88. The van der Waals surface area contributed by atoms with E-state index in [4.69, 9.17) is 4.74 Å². The van der Waals surface area contributed by atoms with Gasteiger partial charge in [0.05, 0.1) is 5.52 Å². The molecule has 0 amide bonds. The lowest BCUT2D eigenvalue weighted by Gasteiger charge is -2.09. The maximum Gasteiger partial charge on any atom is 0.120 e. The number of aryl methyl sites for hydroxylation is 2. The molecule has 0 spiro atoms. The van der Waals surface area contributed by atoms with Gasteiger partial charge in [-0.1, -0.05) is 30.3 Å². The first kappa shape index (κ1) is 11.8. The van der Waals surface area contributed by atoms with Gasteiger partial charge in [-0.25, -0.2) is 0 Å². The van der Waals surface area contributed by atoms with E-state index in [1.54, 1.807) is 0 Å². The molecule has 19 heavy (non-hydrogen) atoms. The number of aromatic nitrogens is 1. The number of ether oxygens (including phenoxy) is 1. The number of hydrogen-bond donors (Lipinski definition) is 0. The summed E-state index contributed by atoms with van der Waals surface area (Å²) in [6.45, 7) is 2.73. The third-order valence-electron chi connectivity index (χ3n) is 3.38. The van der Waals surface area contributed by atoms with Crippen molar-refractivity contribution in [1.82, 2.24) is 4.57 Å². The highest BCUT2D eigenvalue weighted by molar-refractivity contribution is 5.84. The van der Waals surface area contributed by atoms with E-state index in [9.17, 15) is 0 Å². The normalized spacial score (nSPS) is 10.8. The molecule has 0 atom stereocenters. The molecular formula is C17H17NO. The highest BCUT2D eigenvalue weighted by atomic mass is 16.5. The summed E-state index contributed by atoms with van der Waals surface area (Å²) in [4.78, 5) is 0. The lowest BCUT2D eigenvalue weighted by atomic mass is 10.1. The first-order chi connectivity index (χ1) is 9.24. The summed E-state index contributed by atoms with van der Waals surface area (Å²) in [6.07, 6.45) is 2.08. The molecule has 0 fully saturated rings. The van der Waals surface area contributed by atoms with E-state index >= 15 is 0 Å². The Kier molecular flexibility index (Phi) is 3.00. The molecule has 0 saturated heterocycles. The van der Waals surface area contributed by atoms with E-state index in [0.29, 0.717) is 6.61 Å². The topological polar surface area (TPSA) is 14.2 Å². The van der Waals surface area contributed by atoms with E-state index in [1.807, 2.05) is 18.2 Å². The number of rotatable bonds is 3. The van der Waals surface area contributed by atoms with Gasteiger partial charge in [0.25, 0.3) is 0 Å². The van der Waals surface area contributed by atoms with Crippen molar-refractivity contribution in [2.45, 2.75) is 13.5 Å². The fourth-order valence-corrected chi connectivity index (χ4v) is 2.47. The van der Waals surface area contributed by atoms with E-state index < -0.39 is 0 Å². The van der Waals surface area contributed by atoms with Crippen LogP contribution >= 0.6 is 0 Å². The average molecular weight is 251 g/mol. The van der Waals surface area contributed by atoms with Crippen molar-refractivity contribution in [1.29, 1.82) is 0 Å². The molecule has 0 aliphatic rings. The van der Waals surface area contributed by atoms with E-state index in [1.165, 1.54) is 22.0 Å². The van der Waals surface area contributed by atoms with E-state index in [2.05, 4.69) is 55.1 Å². The van der Waals surface area contributed by atoms with Gasteiger partial charge in [-0.2, -0.15) is 0 Å². The molecule has 1 heterocycles. The van der Waals surface area contributed by atoms with Gasteiger partial charge in [0.1, 0.15) is 12.4 Å². The third-order valence-corrected chi connectivity index (χ3v) is 3.38. The Morgan fingerprint density at radius 2 is 1.84 bits per heavy atom. The minimum atomic E-state index is 0.610. The second kappa shape index (κ2) is 4.81. The van der Waals surface area contributed by atoms with Crippen molar-refractivity contribution in [3.63, 3.8) is 0 Å². The van der Waals surface area contributed by atoms with E-state index in [-0.39, 0.29) is 0 Å². The Morgan fingerprint density at radius 3 is 2.63 bits per heavy atom. The number of benzene rings is 2. The fraction of sp³-hybridized carbons (Fsp3) is 0.176. The molecule has 2 heteroatoms.